The molecule has 2 aromatic rings. The minimum absolute atomic E-state index is 0.0404. The van der Waals surface area contributed by atoms with Gasteiger partial charge in [0, 0.05) is 18.2 Å². The zero-order valence-electron chi connectivity index (χ0n) is 15.0. The van der Waals surface area contributed by atoms with Crippen molar-refractivity contribution < 1.29 is 14.4 Å². The number of carbonyl (C=O) groups is 3. The average Bonchev–Trinajstić information content (AvgIpc) is 3.15. The molecule has 1 aromatic carbocycles. The van der Waals surface area contributed by atoms with Crippen LogP contribution in [0.4, 0.5) is 5.69 Å². The van der Waals surface area contributed by atoms with Gasteiger partial charge in [-0.15, -0.1) is 11.3 Å². The highest BCUT2D eigenvalue weighted by Gasteiger charge is 2.16. The van der Waals surface area contributed by atoms with Crippen LogP contribution in [0.1, 0.15) is 36.0 Å². The number of benzene rings is 1. The summed E-state index contributed by atoms with van der Waals surface area (Å²) in [5.41, 5.74) is 1.62. The number of rotatable bonds is 7. The van der Waals surface area contributed by atoms with Gasteiger partial charge in [-0.25, -0.2) is 0 Å². The smallest absolute Gasteiger partial charge is 0.261 e. The van der Waals surface area contributed by atoms with Crippen LogP contribution in [-0.4, -0.2) is 23.8 Å². The molecule has 0 saturated heterocycles. The number of amides is 3. The standard InChI is InChI=1S/C19H23N3O3S/c1-12(2)17(23)22-15-8-6-14(7-9-15)11-20-18(24)13(3)21-19(25)16-5-4-10-26-16/h4-10,12-13H,11H2,1-3H3,(H,20,24)(H,21,25)(H,22,23). The van der Waals surface area contributed by atoms with Crippen LogP contribution in [0.15, 0.2) is 41.8 Å². The molecule has 1 atom stereocenters. The van der Waals surface area contributed by atoms with Crippen molar-refractivity contribution in [3.05, 3.63) is 52.2 Å². The largest absolute Gasteiger partial charge is 0.350 e. The molecule has 6 nitrogen and oxygen atoms in total. The van der Waals surface area contributed by atoms with Crippen LogP contribution < -0.4 is 16.0 Å². The van der Waals surface area contributed by atoms with Gasteiger partial charge >= 0.3 is 0 Å². The molecule has 1 heterocycles. The van der Waals surface area contributed by atoms with Gasteiger partial charge < -0.3 is 16.0 Å². The Kier molecular flexibility index (Phi) is 6.91. The van der Waals surface area contributed by atoms with Crippen molar-refractivity contribution >= 4 is 34.7 Å². The summed E-state index contributed by atoms with van der Waals surface area (Å²) in [4.78, 5) is 36.3. The van der Waals surface area contributed by atoms with Crippen molar-refractivity contribution in [3.8, 4) is 0 Å². The van der Waals surface area contributed by atoms with Gasteiger partial charge in [-0.1, -0.05) is 32.0 Å². The maximum absolute atomic E-state index is 12.1. The van der Waals surface area contributed by atoms with Crippen molar-refractivity contribution in [2.45, 2.75) is 33.4 Å². The lowest BCUT2D eigenvalue weighted by Gasteiger charge is -2.14. The second-order valence-electron chi connectivity index (χ2n) is 6.23. The average molecular weight is 373 g/mol. The Morgan fingerprint density at radius 1 is 1.00 bits per heavy atom. The zero-order chi connectivity index (χ0) is 19.1. The van der Waals surface area contributed by atoms with Gasteiger partial charge in [0.05, 0.1) is 4.88 Å². The molecule has 0 fully saturated rings. The van der Waals surface area contributed by atoms with Crippen LogP contribution in [0.25, 0.3) is 0 Å². The highest BCUT2D eigenvalue weighted by Crippen LogP contribution is 2.11. The van der Waals surface area contributed by atoms with E-state index in [1.165, 1.54) is 11.3 Å². The monoisotopic (exact) mass is 373 g/mol. The third-order valence-corrected chi connectivity index (χ3v) is 4.57. The molecule has 0 aliphatic heterocycles. The van der Waals surface area contributed by atoms with E-state index < -0.39 is 6.04 Å². The minimum Gasteiger partial charge on any atom is -0.350 e. The van der Waals surface area contributed by atoms with E-state index >= 15 is 0 Å². The van der Waals surface area contributed by atoms with Crippen molar-refractivity contribution in [3.63, 3.8) is 0 Å². The Bertz CT molecular complexity index is 755. The lowest BCUT2D eigenvalue weighted by molar-refractivity contribution is -0.122. The van der Waals surface area contributed by atoms with Gasteiger partial charge in [-0.3, -0.25) is 14.4 Å². The highest BCUT2D eigenvalue weighted by molar-refractivity contribution is 7.12. The van der Waals surface area contributed by atoms with Gasteiger partial charge in [-0.2, -0.15) is 0 Å². The minimum atomic E-state index is -0.630. The van der Waals surface area contributed by atoms with E-state index in [1.807, 2.05) is 31.4 Å². The highest BCUT2D eigenvalue weighted by atomic mass is 32.1. The molecule has 0 saturated carbocycles. The van der Waals surface area contributed by atoms with Gasteiger partial charge in [-0.05, 0) is 36.1 Å². The van der Waals surface area contributed by atoms with Gasteiger partial charge in [0.1, 0.15) is 6.04 Å². The molecule has 26 heavy (non-hydrogen) atoms. The Balaban J connectivity index is 1.81. The van der Waals surface area contributed by atoms with E-state index in [0.29, 0.717) is 11.4 Å². The van der Waals surface area contributed by atoms with Crippen molar-refractivity contribution in [2.24, 2.45) is 5.92 Å². The fourth-order valence-electron chi connectivity index (χ4n) is 2.08. The fraction of sp³-hybridized carbons (Fsp3) is 0.316. The molecule has 0 aliphatic rings. The molecule has 0 radical (unpaired) electrons. The first-order valence-electron chi connectivity index (χ1n) is 8.38. The summed E-state index contributed by atoms with van der Waals surface area (Å²) in [5, 5.41) is 10.1. The SMILES string of the molecule is CC(C)C(=O)Nc1ccc(CNC(=O)C(C)NC(=O)c2cccs2)cc1. The maximum atomic E-state index is 12.1. The number of hydrogen-bond acceptors (Lipinski definition) is 4. The van der Waals surface area contributed by atoms with E-state index in [9.17, 15) is 14.4 Å². The molecular weight excluding hydrogens is 350 g/mol. The number of anilines is 1. The van der Waals surface area contributed by atoms with E-state index in [4.69, 9.17) is 0 Å². The maximum Gasteiger partial charge on any atom is 0.261 e. The predicted octanol–water partition coefficient (Wildman–Crippen LogP) is 2.78. The Hall–Kier alpha value is -2.67. The fourth-order valence-corrected chi connectivity index (χ4v) is 2.70. The molecule has 0 bridgehead atoms. The van der Waals surface area contributed by atoms with Gasteiger partial charge in [0.15, 0.2) is 0 Å². The summed E-state index contributed by atoms with van der Waals surface area (Å²) in [6.45, 7) is 5.65. The summed E-state index contributed by atoms with van der Waals surface area (Å²) in [6.07, 6.45) is 0. The molecular formula is C19H23N3O3S. The number of hydrogen-bond donors (Lipinski definition) is 3. The predicted molar refractivity (Wildman–Crippen MR) is 103 cm³/mol. The second-order valence-corrected chi connectivity index (χ2v) is 7.18. The van der Waals surface area contributed by atoms with Crippen LogP contribution in [0.5, 0.6) is 0 Å². The Morgan fingerprint density at radius 2 is 1.69 bits per heavy atom. The summed E-state index contributed by atoms with van der Waals surface area (Å²) < 4.78 is 0. The first-order valence-corrected chi connectivity index (χ1v) is 9.26. The normalized spacial score (nSPS) is 11.7. The van der Waals surface area contributed by atoms with Crippen molar-refractivity contribution in [2.75, 3.05) is 5.32 Å². The van der Waals surface area contributed by atoms with Crippen molar-refractivity contribution in [1.29, 1.82) is 0 Å². The van der Waals surface area contributed by atoms with Gasteiger partial charge in [0.25, 0.3) is 5.91 Å². The first kappa shape index (κ1) is 19.7. The Morgan fingerprint density at radius 3 is 2.27 bits per heavy atom. The summed E-state index contributed by atoms with van der Waals surface area (Å²) in [7, 11) is 0. The van der Waals surface area contributed by atoms with Crippen LogP contribution >= 0.6 is 11.3 Å². The zero-order valence-corrected chi connectivity index (χ0v) is 15.9. The molecule has 2 rings (SSSR count). The molecule has 1 aromatic heterocycles. The van der Waals surface area contributed by atoms with Crippen LogP contribution in [-0.2, 0) is 16.1 Å². The molecule has 3 N–H and O–H groups in total. The lowest BCUT2D eigenvalue weighted by atomic mass is 10.1. The Labute approximate surface area is 157 Å². The van der Waals surface area contributed by atoms with E-state index in [1.54, 1.807) is 31.2 Å². The third kappa shape index (κ3) is 5.70. The van der Waals surface area contributed by atoms with E-state index in [2.05, 4.69) is 16.0 Å². The summed E-state index contributed by atoms with van der Waals surface area (Å²) >= 11 is 1.33. The number of nitrogens with one attached hydrogen (secondary N) is 3. The third-order valence-electron chi connectivity index (χ3n) is 3.70. The lowest BCUT2D eigenvalue weighted by Crippen LogP contribution is -2.44. The van der Waals surface area contributed by atoms with Gasteiger partial charge in [0.2, 0.25) is 11.8 Å². The molecule has 0 spiro atoms. The van der Waals surface area contributed by atoms with Crippen LogP contribution in [0.3, 0.4) is 0 Å². The van der Waals surface area contributed by atoms with Crippen LogP contribution in [0, 0.1) is 5.92 Å². The van der Waals surface area contributed by atoms with E-state index in [-0.39, 0.29) is 23.6 Å². The molecule has 1 unspecified atom stereocenters. The molecule has 3 amide bonds. The van der Waals surface area contributed by atoms with Crippen LogP contribution in [0.2, 0.25) is 0 Å². The second kappa shape index (κ2) is 9.15. The summed E-state index contributed by atoms with van der Waals surface area (Å²) in [5.74, 6) is -0.638. The number of carbonyl (C=O) groups excluding carboxylic acids is 3. The molecule has 7 heteroatoms. The molecule has 138 valence electrons. The van der Waals surface area contributed by atoms with Crippen molar-refractivity contribution in [1.82, 2.24) is 10.6 Å². The molecule has 0 aliphatic carbocycles. The number of thiophene rings is 1. The topological polar surface area (TPSA) is 87.3 Å². The quantitative estimate of drug-likeness (QED) is 0.697. The summed E-state index contributed by atoms with van der Waals surface area (Å²) in [6, 6.07) is 10.1. The van der Waals surface area contributed by atoms with E-state index in [0.717, 1.165) is 11.3 Å². The first-order chi connectivity index (χ1) is 12.4.